The van der Waals surface area contributed by atoms with Gasteiger partial charge in [-0.2, -0.15) is 0 Å². The molecule has 8 nitrogen and oxygen atoms in total. The highest BCUT2D eigenvalue weighted by atomic mass is 16.3. The zero-order chi connectivity index (χ0) is 36.2. The number of benzene rings is 6. The van der Waals surface area contributed by atoms with Crippen LogP contribution in [0.15, 0.2) is 155 Å². The molecular formula is C48H24N6O2. The van der Waals surface area contributed by atoms with Gasteiger partial charge in [0.2, 0.25) is 0 Å². The first-order valence-electron chi connectivity index (χ1n) is 18.6. The van der Waals surface area contributed by atoms with Crippen LogP contribution in [0.4, 0.5) is 0 Å². The Balaban J connectivity index is 1.08. The fourth-order valence-corrected chi connectivity index (χ4v) is 9.25. The van der Waals surface area contributed by atoms with E-state index in [2.05, 4.69) is 106 Å². The van der Waals surface area contributed by atoms with Gasteiger partial charge in [-0.15, -0.1) is 0 Å². The van der Waals surface area contributed by atoms with Gasteiger partial charge in [0.1, 0.15) is 27.8 Å². The van der Waals surface area contributed by atoms with Gasteiger partial charge in [0.25, 0.3) is 0 Å². The largest absolute Gasteiger partial charge is 0.456 e. The molecule has 0 spiro atoms. The van der Waals surface area contributed by atoms with Gasteiger partial charge in [-0.1, -0.05) is 66.7 Å². The predicted octanol–water partition coefficient (Wildman–Crippen LogP) is 12.2. The summed E-state index contributed by atoms with van der Waals surface area (Å²) < 4.78 is 17.5. The Bertz CT molecular complexity index is 4070. The van der Waals surface area contributed by atoms with E-state index in [1.54, 1.807) is 0 Å². The lowest BCUT2D eigenvalue weighted by Gasteiger charge is -2.11. The highest BCUT2D eigenvalue weighted by molar-refractivity contribution is 6.23. The highest BCUT2D eigenvalue weighted by Crippen LogP contribution is 2.41. The number of aromatic nitrogens is 6. The number of para-hydroxylation sites is 4. The van der Waals surface area contributed by atoms with Crippen molar-refractivity contribution in [3.63, 3.8) is 0 Å². The van der Waals surface area contributed by atoms with Crippen LogP contribution in [0, 0.1) is 0 Å². The van der Waals surface area contributed by atoms with E-state index in [9.17, 15) is 0 Å². The van der Waals surface area contributed by atoms with Crippen molar-refractivity contribution in [3.8, 4) is 11.1 Å². The van der Waals surface area contributed by atoms with Crippen LogP contribution in [0.5, 0.6) is 0 Å². The zero-order valence-corrected chi connectivity index (χ0v) is 29.4. The summed E-state index contributed by atoms with van der Waals surface area (Å²) in [6.45, 7) is 0. The molecule has 14 rings (SSSR count). The van der Waals surface area contributed by atoms with Gasteiger partial charge in [-0.05, 0) is 72.3 Å². The lowest BCUT2D eigenvalue weighted by Crippen LogP contribution is -1.95. The molecule has 0 saturated carbocycles. The van der Waals surface area contributed by atoms with Gasteiger partial charge < -0.3 is 8.83 Å². The standard InChI is InChI=1S/C48H24N6O2/c1-6-14-41-27(8-1)31-17-16-30-34-20-26(24-50-44(34)48-51-35-11-3-4-12-37(35)54(48)45(30)46(31)56-41)25-15-18-36-39(21-25)53-38-22-33-28-9-2-5-13-40(28)55-42(33)23-32(38)29-10-7-19-49-43(29)47(53)52-36/h1-24H. The van der Waals surface area contributed by atoms with E-state index in [0.717, 1.165) is 132 Å². The summed E-state index contributed by atoms with van der Waals surface area (Å²) >= 11 is 0. The molecule has 0 aliphatic rings. The lowest BCUT2D eigenvalue weighted by molar-refractivity contribution is 0.669. The van der Waals surface area contributed by atoms with Crippen LogP contribution < -0.4 is 0 Å². The van der Waals surface area contributed by atoms with Crippen LogP contribution in [0.25, 0.3) is 132 Å². The Morgan fingerprint density at radius 3 is 2.05 bits per heavy atom. The fraction of sp³-hybridized carbons (Fsp3) is 0. The predicted molar refractivity (Wildman–Crippen MR) is 225 cm³/mol. The van der Waals surface area contributed by atoms with Crippen molar-refractivity contribution in [2.45, 2.75) is 0 Å². The summed E-state index contributed by atoms with van der Waals surface area (Å²) in [4.78, 5) is 20.4. The highest BCUT2D eigenvalue weighted by Gasteiger charge is 2.22. The second-order valence-electron chi connectivity index (χ2n) is 14.7. The van der Waals surface area contributed by atoms with Crippen molar-refractivity contribution in [1.29, 1.82) is 0 Å². The second kappa shape index (κ2) is 10.0. The Morgan fingerprint density at radius 1 is 0.411 bits per heavy atom. The molecule has 6 aromatic carbocycles. The quantitative estimate of drug-likeness (QED) is 0.157. The van der Waals surface area contributed by atoms with Crippen LogP contribution in [-0.2, 0) is 0 Å². The van der Waals surface area contributed by atoms with Gasteiger partial charge in [0.05, 0.1) is 33.1 Å². The third-order valence-electron chi connectivity index (χ3n) is 11.7. The number of nitrogens with zero attached hydrogens (tertiary/aromatic N) is 6. The first kappa shape index (κ1) is 28.6. The fourth-order valence-electron chi connectivity index (χ4n) is 9.25. The van der Waals surface area contributed by atoms with Crippen molar-refractivity contribution in [2.75, 3.05) is 0 Å². The van der Waals surface area contributed by atoms with Crippen LogP contribution in [0.3, 0.4) is 0 Å². The molecule has 258 valence electrons. The molecule has 0 aliphatic heterocycles. The van der Waals surface area contributed by atoms with E-state index < -0.39 is 0 Å². The normalized spacial score (nSPS) is 12.6. The lowest BCUT2D eigenvalue weighted by atomic mass is 10.0. The molecule has 0 aliphatic carbocycles. The van der Waals surface area contributed by atoms with Crippen LogP contribution >= 0.6 is 0 Å². The third kappa shape index (κ3) is 3.54. The smallest absolute Gasteiger partial charge is 0.165 e. The molecule has 0 N–H and O–H groups in total. The van der Waals surface area contributed by atoms with Crippen LogP contribution in [0.1, 0.15) is 0 Å². The van der Waals surface area contributed by atoms with Crippen LogP contribution in [-0.4, -0.2) is 28.7 Å². The van der Waals surface area contributed by atoms with Gasteiger partial charge in [-0.3, -0.25) is 18.8 Å². The third-order valence-corrected chi connectivity index (χ3v) is 11.7. The van der Waals surface area contributed by atoms with E-state index in [0.29, 0.717) is 0 Å². The van der Waals surface area contributed by atoms with E-state index >= 15 is 0 Å². The number of imidazole rings is 2. The molecule has 0 unspecified atom stereocenters. The molecular weight excluding hydrogens is 693 g/mol. The summed E-state index contributed by atoms with van der Waals surface area (Å²) in [5, 5.41) is 8.47. The van der Waals surface area contributed by atoms with Crippen molar-refractivity contribution in [3.05, 3.63) is 146 Å². The van der Waals surface area contributed by atoms with E-state index in [4.69, 9.17) is 28.8 Å². The summed E-state index contributed by atoms with van der Waals surface area (Å²) in [5.74, 6) is 0. The monoisotopic (exact) mass is 716 g/mol. The minimum Gasteiger partial charge on any atom is -0.456 e. The molecule has 0 fully saturated rings. The van der Waals surface area contributed by atoms with Crippen molar-refractivity contribution >= 4 is 121 Å². The van der Waals surface area contributed by atoms with E-state index in [1.807, 2.05) is 48.8 Å². The maximum Gasteiger partial charge on any atom is 0.165 e. The Morgan fingerprint density at radius 2 is 1.14 bits per heavy atom. The summed E-state index contributed by atoms with van der Waals surface area (Å²) in [7, 11) is 0. The average molecular weight is 717 g/mol. The molecule has 8 heterocycles. The minimum absolute atomic E-state index is 0.800. The first-order chi connectivity index (χ1) is 27.7. The summed E-state index contributed by atoms with van der Waals surface area (Å²) in [6.07, 6.45) is 3.80. The molecule has 8 aromatic heterocycles. The second-order valence-corrected chi connectivity index (χ2v) is 14.7. The SMILES string of the molecule is c1ccc2c(c1)nc1c3ncc(-c4ccc5nc6c7ncccc7c7cc8oc9ccccc9c8cc7n6c5c4)cc3c3ccc4c5ccccc5oc4c3n21. The summed E-state index contributed by atoms with van der Waals surface area (Å²) in [6, 6.07) is 46.3. The van der Waals surface area contributed by atoms with Crippen molar-refractivity contribution in [2.24, 2.45) is 0 Å². The molecule has 0 radical (unpaired) electrons. The first-order valence-corrected chi connectivity index (χ1v) is 18.6. The van der Waals surface area contributed by atoms with Crippen LogP contribution in [0.2, 0.25) is 0 Å². The Hall–Kier alpha value is -7.84. The zero-order valence-electron chi connectivity index (χ0n) is 29.4. The molecule has 0 bridgehead atoms. The number of hydrogen-bond donors (Lipinski definition) is 0. The number of pyridine rings is 4. The molecule has 0 atom stereocenters. The number of rotatable bonds is 1. The van der Waals surface area contributed by atoms with Gasteiger partial charge in [0, 0.05) is 61.0 Å². The van der Waals surface area contributed by atoms with Gasteiger partial charge in [-0.25, -0.2) is 9.97 Å². The number of hydrogen-bond acceptors (Lipinski definition) is 6. The van der Waals surface area contributed by atoms with E-state index in [1.165, 1.54) is 0 Å². The van der Waals surface area contributed by atoms with Crippen molar-refractivity contribution in [1.82, 2.24) is 28.7 Å². The van der Waals surface area contributed by atoms with E-state index in [-0.39, 0.29) is 0 Å². The maximum absolute atomic E-state index is 6.66. The molecule has 0 saturated heterocycles. The maximum atomic E-state index is 6.66. The summed E-state index contributed by atoms with van der Waals surface area (Å²) in [5.41, 5.74) is 14.6. The molecule has 14 aromatic rings. The molecule has 8 heteroatoms. The Labute approximate surface area is 314 Å². The number of furan rings is 2. The minimum atomic E-state index is 0.800. The molecule has 56 heavy (non-hydrogen) atoms. The average Bonchev–Trinajstić information content (AvgIpc) is 4.03. The molecule has 0 amide bonds. The topological polar surface area (TPSA) is 86.7 Å². The Kier molecular flexibility index (Phi) is 5.12. The van der Waals surface area contributed by atoms with Crippen molar-refractivity contribution < 1.29 is 8.83 Å². The van der Waals surface area contributed by atoms with Gasteiger partial charge >= 0.3 is 0 Å². The van der Waals surface area contributed by atoms with Gasteiger partial charge in [0.15, 0.2) is 16.9 Å². The number of fused-ring (bicyclic) bond motifs is 23.